The molecule has 5 rings (SSSR count). The van der Waals surface area contributed by atoms with Crippen LogP contribution in [0.4, 0.5) is 5.69 Å². The molecule has 0 atom stereocenters. The fraction of sp³-hybridized carbons (Fsp3) is 0.0800. The number of allylic oxidation sites excluding steroid dienone is 4. The summed E-state index contributed by atoms with van der Waals surface area (Å²) in [6.07, 6.45) is 9.72. The second kappa shape index (κ2) is 6.90. The lowest BCUT2D eigenvalue weighted by Crippen LogP contribution is -2.46. The van der Waals surface area contributed by atoms with Crippen LogP contribution >= 0.6 is 0 Å². The highest BCUT2D eigenvalue weighted by molar-refractivity contribution is 6.78. The molecule has 3 aromatic carbocycles. The van der Waals surface area contributed by atoms with E-state index in [1.165, 1.54) is 27.7 Å². The van der Waals surface area contributed by atoms with Crippen LogP contribution in [-0.2, 0) is 6.32 Å². The molecule has 0 fully saturated rings. The Kier molecular flexibility index (Phi) is 4.11. The average Bonchev–Trinajstić information content (AvgIpc) is 3.29. The number of nitrogens with zero attached hydrogens (tertiary/aromatic N) is 1. The molecule has 2 nitrogen and oxygen atoms in total. The Morgan fingerprint density at radius 1 is 0.857 bits per heavy atom. The van der Waals surface area contributed by atoms with Gasteiger partial charge in [0.25, 0.3) is 6.85 Å². The summed E-state index contributed by atoms with van der Waals surface area (Å²) in [5, 5.41) is 12.8. The molecule has 0 spiro atoms. The molecular formula is C25H19BN2. The van der Waals surface area contributed by atoms with Crippen molar-refractivity contribution in [3.05, 3.63) is 108 Å². The van der Waals surface area contributed by atoms with Crippen molar-refractivity contribution in [2.45, 2.75) is 12.2 Å². The zero-order chi connectivity index (χ0) is 18.9. The first-order valence-corrected chi connectivity index (χ1v) is 9.66. The van der Waals surface area contributed by atoms with Gasteiger partial charge in [-0.2, -0.15) is 5.26 Å². The van der Waals surface area contributed by atoms with E-state index in [9.17, 15) is 0 Å². The second-order valence-corrected chi connectivity index (χ2v) is 7.35. The SMILES string of the molecule is N#Cc1ccc(NB2Cc3ccccc3-c3cccc(C4C=CC=C4)c32)cc1. The zero-order valence-corrected chi connectivity index (χ0v) is 15.5. The lowest BCUT2D eigenvalue weighted by atomic mass is 9.45. The van der Waals surface area contributed by atoms with Crippen LogP contribution in [0.15, 0.2) is 91.0 Å². The summed E-state index contributed by atoms with van der Waals surface area (Å²) in [6.45, 7) is 0.191. The van der Waals surface area contributed by atoms with Crippen molar-refractivity contribution in [3.8, 4) is 17.2 Å². The van der Waals surface area contributed by atoms with E-state index in [1.54, 1.807) is 0 Å². The molecule has 1 aliphatic carbocycles. The third-order valence-electron chi connectivity index (χ3n) is 5.68. The van der Waals surface area contributed by atoms with Crippen molar-refractivity contribution < 1.29 is 0 Å². The van der Waals surface area contributed by atoms with Gasteiger partial charge in [0, 0.05) is 11.6 Å². The van der Waals surface area contributed by atoms with Crippen molar-refractivity contribution in [3.63, 3.8) is 0 Å². The fourth-order valence-corrected chi connectivity index (χ4v) is 4.39. The topological polar surface area (TPSA) is 35.8 Å². The summed E-state index contributed by atoms with van der Waals surface area (Å²) in [4.78, 5) is 0. The van der Waals surface area contributed by atoms with Gasteiger partial charge in [-0.05, 0) is 58.3 Å². The summed E-state index contributed by atoms with van der Waals surface area (Å²) < 4.78 is 0. The van der Waals surface area contributed by atoms with Crippen LogP contribution in [0.3, 0.4) is 0 Å². The Hall–Kier alpha value is -3.51. The Bertz CT molecular complexity index is 1120. The van der Waals surface area contributed by atoms with Gasteiger partial charge in [0.05, 0.1) is 11.6 Å². The third kappa shape index (κ3) is 2.84. The number of hydrogen-bond acceptors (Lipinski definition) is 2. The van der Waals surface area contributed by atoms with E-state index >= 15 is 0 Å². The fourth-order valence-electron chi connectivity index (χ4n) is 4.39. The molecule has 3 aromatic rings. The molecule has 0 bridgehead atoms. The van der Waals surface area contributed by atoms with E-state index in [2.05, 4.69) is 78.1 Å². The summed E-state index contributed by atoms with van der Waals surface area (Å²) >= 11 is 0. The molecule has 1 aliphatic heterocycles. The van der Waals surface area contributed by atoms with Crippen LogP contribution in [-0.4, -0.2) is 6.85 Å². The zero-order valence-electron chi connectivity index (χ0n) is 15.5. The van der Waals surface area contributed by atoms with E-state index in [-0.39, 0.29) is 6.85 Å². The monoisotopic (exact) mass is 358 g/mol. The summed E-state index contributed by atoms with van der Waals surface area (Å²) in [5.74, 6) is 0.325. The lowest BCUT2D eigenvalue weighted by Gasteiger charge is -2.30. The number of nitriles is 1. The van der Waals surface area contributed by atoms with Gasteiger partial charge in [0.2, 0.25) is 0 Å². The van der Waals surface area contributed by atoms with Crippen LogP contribution in [0.25, 0.3) is 11.1 Å². The summed E-state index contributed by atoms with van der Waals surface area (Å²) in [5.41, 5.74) is 8.50. The normalized spacial score (nSPS) is 14.5. The number of fused-ring (bicyclic) bond motifs is 3. The average molecular weight is 358 g/mol. The van der Waals surface area contributed by atoms with Gasteiger partial charge < -0.3 is 5.23 Å². The third-order valence-corrected chi connectivity index (χ3v) is 5.68. The summed E-state index contributed by atoms with van der Waals surface area (Å²) in [6, 6.07) is 25.3. The molecule has 0 radical (unpaired) electrons. The van der Waals surface area contributed by atoms with Crippen molar-refractivity contribution in [2.24, 2.45) is 0 Å². The quantitative estimate of drug-likeness (QED) is 0.680. The minimum Gasteiger partial charge on any atom is -0.424 e. The maximum Gasteiger partial charge on any atom is 0.291 e. The molecule has 2 aliphatic rings. The molecular weight excluding hydrogens is 339 g/mol. The Balaban J connectivity index is 1.62. The number of anilines is 1. The van der Waals surface area contributed by atoms with Gasteiger partial charge in [-0.3, -0.25) is 0 Å². The Labute approximate surface area is 165 Å². The second-order valence-electron chi connectivity index (χ2n) is 7.35. The molecule has 132 valence electrons. The van der Waals surface area contributed by atoms with Gasteiger partial charge in [-0.15, -0.1) is 0 Å². The minimum atomic E-state index is 0.191. The van der Waals surface area contributed by atoms with Crippen molar-refractivity contribution >= 4 is 18.0 Å². The molecule has 0 aromatic heterocycles. The Morgan fingerprint density at radius 2 is 1.61 bits per heavy atom. The highest BCUT2D eigenvalue weighted by Gasteiger charge is 2.31. The van der Waals surface area contributed by atoms with Crippen LogP contribution in [0.5, 0.6) is 0 Å². The molecule has 28 heavy (non-hydrogen) atoms. The van der Waals surface area contributed by atoms with E-state index < -0.39 is 0 Å². The first kappa shape index (κ1) is 16.7. The van der Waals surface area contributed by atoms with E-state index in [4.69, 9.17) is 5.26 Å². The Morgan fingerprint density at radius 3 is 2.39 bits per heavy atom. The molecule has 0 saturated carbocycles. The van der Waals surface area contributed by atoms with Crippen molar-refractivity contribution in [1.29, 1.82) is 5.26 Å². The largest absolute Gasteiger partial charge is 0.424 e. The van der Waals surface area contributed by atoms with E-state index in [0.29, 0.717) is 11.5 Å². The number of benzene rings is 3. The van der Waals surface area contributed by atoms with Crippen molar-refractivity contribution in [1.82, 2.24) is 0 Å². The maximum atomic E-state index is 9.06. The predicted octanol–water partition coefficient (Wildman–Crippen LogP) is 4.84. The first-order chi connectivity index (χ1) is 13.8. The van der Waals surface area contributed by atoms with Crippen LogP contribution in [0.2, 0.25) is 0 Å². The molecule has 1 N–H and O–H groups in total. The first-order valence-electron chi connectivity index (χ1n) is 9.66. The van der Waals surface area contributed by atoms with Crippen LogP contribution in [0.1, 0.15) is 22.6 Å². The van der Waals surface area contributed by atoms with E-state index in [0.717, 1.165) is 12.0 Å². The molecule has 0 amide bonds. The highest BCUT2D eigenvalue weighted by Crippen LogP contribution is 2.33. The highest BCUT2D eigenvalue weighted by atomic mass is 14.8. The van der Waals surface area contributed by atoms with Gasteiger partial charge in [0.15, 0.2) is 0 Å². The van der Waals surface area contributed by atoms with Gasteiger partial charge >= 0.3 is 0 Å². The number of nitrogens with one attached hydrogen (secondary N) is 1. The molecule has 3 heteroatoms. The van der Waals surface area contributed by atoms with Gasteiger partial charge in [0.1, 0.15) is 0 Å². The number of hydrogen-bond donors (Lipinski definition) is 1. The smallest absolute Gasteiger partial charge is 0.291 e. The van der Waals surface area contributed by atoms with Crippen molar-refractivity contribution in [2.75, 3.05) is 5.23 Å². The van der Waals surface area contributed by atoms with Gasteiger partial charge in [-0.1, -0.05) is 66.8 Å². The number of rotatable bonds is 3. The van der Waals surface area contributed by atoms with Crippen LogP contribution < -0.4 is 10.7 Å². The standard InChI is InChI=1S/C25H19BN2/c27-17-18-12-14-21(15-13-18)28-26-16-20-8-3-4-9-22(20)24-11-5-10-23(25(24)26)19-6-1-2-7-19/h1-15,19,28H,16H2. The molecule has 1 heterocycles. The lowest BCUT2D eigenvalue weighted by molar-refractivity contribution is 1.11. The summed E-state index contributed by atoms with van der Waals surface area (Å²) in [7, 11) is 0. The van der Waals surface area contributed by atoms with Crippen LogP contribution in [0, 0.1) is 11.3 Å². The molecule has 0 unspecified atom stereocenters. The predicted molar refractivity (Wildman–Crippen MR) is 117 cm³/mol. The minimum absolute atomic E-state index is 0.191. The van der Waals surface area contributed by atoms with E-state index in [1.807, 2.05) is 24.3 Å². The van der Waals surface area contributed by atoms with Gasteiger partial charge in [-0.25, -0.2) is 0 Å². The maximum absolute atomic E-state index is 9.06. The molecule has 0 saturated heterocycles.